The van der Waals surface area contributed by atoms with E-state index in [2.05, 4.69) is 25.7 Å². The second-order valence-corrected chi connectivity index (χ2v) is 5.90. The first-order valence-corrected chi connectivity index (χ1v) is 7.79. The number of fused-ring (bicyclic) bond motifs is 1. The number of carbonyl (C=O) groups excluding carboxylic acids is 1. The highest BCUT2D eigenvalue weighted by atomic mass is 19.1. The van der Waals surface area contributed by atoms with Crippen LogP contribution in [0.1, 0.15) is 28.8 Å². The molecule has 4 N–H and O–H groups in total. The summed E-state index contributed by atoms with van der Waals surface area (Å²) in [6.45, 7) is -0.0816. The van der Waals surface area contributed by atoms with Crippen molar-refractivity contribution in [3.8, 4) is 5.75 Å². The second-order valence-electron chi connectivity index (χ2n) is 5.90. The molecule has 0 spiro atoms. The van der Waals surface area contributed by atoms with Gasteiger partial charge in [-0.05, 0) is 31.0 Å². The van der Waals surface area contributed by atoms with E-state index in [-0.39, 0.29) is 29.9 Å². The van der Waals surface area contributed by atoms with Crippen molar-refractivity contribution >= 4 is 22.9 Å². The van der Waals surface area contributed by atoms with E-state index in [0.29, 0.717) is 22.5 Å². The molecule has 0 atom stereocenters. The van der Waals surface area contributed by atoms with Crippen LogP contribution in [-0.4, -0.2) is 32.3 Å². The molecule has 0 unspecified atom stereocenters. The number of H-pyrrole nitrogens is 1. The van der Waals surface area contributed by atoms with Crippen LogP contribution < -0.4 is 15.8 Å². The Labute approximate surface area is 141 Å². The summed E-state index contributed by atoms with van der Waals surface area (Å²) >= 11 is 0. The van der Waals surface area contributed by atoms with E-state index in [9.17, 15) is 9.18 Å². The molecule has 1 aromatic carbocycles. The molecule has 8 nitrogen and oxygen atoms in total. The molecular weight excluding hydrogens is 327 g/mol. The van der Waals surface area contributed by atoms with Gasteiger partial charge in [0.1, 0.15) is 18.2 Å². The maximum Gasteiger partial charge on any atom is 0.251 e. The number of hydrogen-bond acceptors (Lipinski definition) is 6. The monoisotopic (exact) mass is 342 g/mol. The second kappa shape index (κ2) is 6.00. The zero-order valence-electron chi connectivity index (χ0n) is 13.1. The molecule has 128 valence electrons. The SMILES string of the molecule is Nc1cc(OCc2cc(C(=O)NC3CC3)ccc2F)c2nn[nH]c2n1. The number of rotatable bonds is 5. The van der Waals surface area contributed by atoms with Gasteiger partial charge in [0.05, 0.1) is 0 Å². The fraction of sp³-hybridized carbons (Fsp3) is 0.250. The van der Waals surface area contributed by atoms with E-state index in [1.807, 2.05) is 0 Å². The normalized spacial score (nSPS) is 13.8. The third kappa shape index (κ3) is 3.21. The van der Waals surface area contributed by atoms with Crippen LogP contribution >= 0.6 is 0 Å². The highest BCUT2D eigenvalue weighted by Crippen LogP contribution is 2.25. The molecule has 3 aromatic rings. The maximum atomic E-state index is 14.1. The first kappa shape index (κ1) is 15.3. The molecule has 1 amide bonds. The molecule has 0 saturated heterocycles. The van der Waals surface area contributed by atoms with Crippen LogP contribution in [0.4, 0.5) is 10.2 Å². The summed E-state index contributed by atoms with van der Waals surface area (Å²) in [7, 11) is 0. The Balaban J connectivity index is 1.55. The Morgan fingerprint density at radius 3 is 3.04 bits per heavy atom. The van der Waals surface area contributed by atoms with Gasteiger partial charge in [-0.2, -0.15) is 0 Å². The number of aromatic amines is 1. The van der Waals surface area contributed by atoms with Crippen molar-refractivity contribution in [1.29, 1.82) is 0 Å². The van der Waals surface area contributed by atoms with Gasteiger partial charge in [0, 0.05) is 23.2 Å². The lowest BCUT2D eigenvalue weighted by atomic mass is 10.1. The molecule has 0 aliphatic heterocycles. The average Bonchev–Trinajstić information content (AvgIpc) is 3.27. The van der Waals surface area contributed by atoms with E-state index in [1.165, 1.54) is 24.3 Å². The Kier molecular flexibility index (Phi) is 3.68. The minimum Gasteiger partial charge on any atom is -0.486 e. The summed E-state index contributed by atoms with van der Waals surface area (Å²) in [6, 6.07) is 5.92. The lowest BCUT2D eigenvalue weighted by molar-refractivity contribution is 0.0951. The highest BCUT2D eigenvalue weighted by Gasteiger charge is 2.24. The van der Waals surface area contributed by atoms with Crippen LogP contribution in [0.25, 0.3) is 11.2 Å². The highest BCUT2D eigenvalue weighted by molar-refractivity contribution is 5.94. The predicted octanol–water partition coefficient (Wildman–Crippen LogP) is 1.55. The van der Waals surface area contributed by atoms with Gasteiger partial charge in [-0.1, -0.05) is 5.21 Å². The minimum atomic E-state index is -0.457. The van der Waals surface area contributed by atoms with Gasteiger partial charge in [-0.25, -0.2) is 14.5 Å². The quantitative estimate of drug-likeness (QED) is 0.647. The number of hydrogen-bond donors (Lipinski definition) is 3. The molecule has 1 fully saturated rings. The van der Waals surface area contributed by atoms with Crippen molar-refractivity contribution in [2.75, 3.05) is 5.73 Å². The summed E-state index contributed by atoms with van der Waals surface area (Å²) in [6.07, 6.45) is 1.97. The fourth-order valence-electron chi connectivity index (χ4n) is 2.42. The number of pyridine rings is 1. The Hall–Kier alpha value is -3.23. The summed E-state index contributed by atoms with van der Waals surface area (Å²) in [4.78, 5) is 16.1. The summed E-state index contributed by atoms with van der Waals surface area (Å²) < 4.78 is 19.7. The number of nitrogens with zero attached hydrogens (tertiary/aromatic N) is 3. The lowest BCUT2D eigenvalue weighted by Crippen LogP contribution is -2.25. The molecule has 2 heterocycles. The molecule has 1 aliphatic carbocycles. The summed E-state index contributed by atoms with van der Waals surface area (Å²) in [5.41, 5.74) is 7.14. The van der Waals surface area contributed by atoms with Crippen LogP contribution in [0.3, 0.4) is 0 Å². The van der Waals surface area contributed by atoms with Gasteiger partial charge < -0.3 is 15.8 Å². The van der Waals surface area contributed by atoms with E-state index >= 15 is 0 Å². The maximum absolute atomic E-state index is 14.1. The lowest BCUT2D eigenvalue weighted by Gasteiger charge is -2.10. The van der Waals surface area contributed by atoms with Crippen molar-refractivity contribution in [2.45, 2.75) is 25.5 Å². The van der Waals surface area contributed by atoms with E-state index in [0.717, 1.165) is 12.8 Å². The van der Waals surface area contributed by atoms with Crippen LogP contribution in [0.2, 0.25) is 0 Å². The van der Waals surface area contributed by atoms with Crippen molar-refractivity contribution in [2.24, 2.45) is 0 Å². The van der Waals surface area contributed by atoms with Gasteiger partial charge in [-0.3, -0.25) is 4.79 Å². The van der Waals surface area contributed by atoms with Gasteiger partial charge in [-0.15, -0.1) is 5.10 Å². The third-order valence-electron chi connectivity index (χ3n) is 3.89. The first-order chi connectivity index (χ1) is 12.1. The number of benzene rings is 1. The molecule has 0 radical (unpaired) electrons. The number of carbonyl (C=O) groups is 1. The van der Waals surface area contributed by atoms with Crippen LogP contribution in [0.15, 0.2) is 24.3 Å². The Morgan fingerprint density at radius 2 is 2.24 bits per heavy atom. The van der Waals surface area contributed by atoms with Gasteiger partial charge in [0.2, 0.25) is 0 Å². The molecule has 2 aromatic heterocycles. The number of nitrogen functional groups attached to an aromatic ring is 1. The molecule has 1 aliphatic rings. The van der Waals surface area contributed by atoms with Gasteiger partial charge in [0.15, 0.2) is 16.9 Å². The molecule has 4 rings (SSSR count). The van der Waals surface area contributed by atoms with Gasteiger partial charge >= 0.3 is 0 Å². The number of halogens is 1. The van der Waals surface area contributed by atoms with Crippen molar-refractivity contribution in [3.63, 3.8) is 0 Å². The van der Waals surface area contributed by atoms with Crippen LogP contribution in [0.5, 0.6) is 5.75 Å². The van der Waals surface area contributed by atoms with Crippen molar-refractivity contribution in [3.05, 3.63) is 41.2 Å². The van der Waals surface area contributed by atoms with E-state index in [1.54, 1.807) is 0 Å². The standard InChI is InChI=1S/C16H15FN6O2/c17-11-4-1-8(16(24)19-10-2-3-10)5-9(11)7-25-12-6-13(18)20-15-14(12)21-23-22-15/h1,4-6,10H,2-3,7H2,(H,19,24)(H3,18,20,21,22,23). The molecule has 9 heteroatoms. The Morgan fingerprint density at radius 1 is 1.40 bits per heavy atom. The fourth-order valence-corrected chi connectivity index (χ4v) is 2.42. The number of nitrogens with one attached hydrogen (secondary N) is 2. The third-order valence-corrected chi connectivity index (χ3v) is 3.89. The number of aromatic nitrogens is 4. The topological polar surface area (TPSA) is 119 Å². The smallest absolute Gasteiger partial charge is 0.251 e. The Bertz CT molecular complexity index is 953. The predicted molar refractivity (Wildman–Crippen MR) is 87.3 cm³/mol. The molecule has 0 bridgehead atoms. The molecule has 1 saturated carbocycles. The number of anilines is 1. The zero-order valence-corrected chi connectivity index (χ0v) is 13.1. The van der Waals surface area contributed by atoms with Crippen molar-refractivity contribution < 1.29 is 13.9 Å². The number of amides is 1. The molecular formula is C16H15FN6O2. The van der Waals surface area contributed by atoms with Gasteiger partial charge in [0.25, 0.3) is 5.91 Å². The van der Waals surface area contributed by atoms with Crippen LogP contribution in [0, 0.1) is 5.82 Å². The summed E-state index contributed by atoms with van der Waals surface area (Å²) in [5, 5.41) is 13.0. The molecule has 25 heavy (non-hydrogen) atoms. The average molecular weight is 342 g/mol. The zero-order chi connectivity index (χ0) is 17.4. The van der Waals surface area contributed by atoms with E-state index in [4.69, 9.17) is 10.5 Å². The van der Waals surface area contributed by atoms with E-state index < -0.39 is 5.82 Å². The number of ether oxygens (including phenoxy) is 1. The first-order valence-electron chi connectivity index (χ1n) is 7.79. The minimum absolute atomic E-state index is 0.0816. The summed E-state index contributed by atoms with van der Waals surface area (Å²) in [5.74, 6) is -0.104. The van der Waals surface area contributed by atoms with Crippen LogP contribution in [-0.2, 0) is 6.61 Å². The number of nitrogens with two attached hydrogens (primary N) is 1. The van der Waals surface area contributed by atoms with Crippen molar-refractivity contribution in [1.82, 2.24) is 25.7 Å². The largest absolute Gasteiger partial charge is 0.486 e.